The van der Waals surface area contributed by atoms with Crippen LogP contribution in [0, 0.1) is 0 Å². The number of carbonyl (C=O) groups is 2. The molecular weight excluding hydrogens is 290 g/mol. The highest BCUT2D eigenvalue weighted by molar-refractivity contribution is 6.31. The lowest BCUT2D eigenvalue weighted by Gasteiger charge is -2.07. The number of nitrogens with one attached hydrogen (secondary N) is 1. The van der Waals surface area contributed by atoms with E-state index < -0.39 is 0 Å². The van der Waals surface area contributed by atoms with Crippen LogP contribution in [0.3, 0.4) is 0 Å². The fourth-order valence-corrected chi connectivity index (χ4v) is 2.19. The zero-order chi connectivity index (χ0) is 15.7. The fraction of sp³-hybridized carbons (Fsp3) is 0.500. The molecule has 0 spiro atoms. The molecule has 1 amide bonds. The number of ketones is 1. The zero-order valence-electron chi connectivity index (χ0n) is 12.3. The van der Waals surface area contributed by atoms with Gasteiger partial charge in [-0.25, -0.2) is 0 Å². The second-order valence-electron chi connectivity index (χ2n) is 5.14. The SMILES string of the molecule is CC(=O)CCCCCCCNC(=O)c1cc(Cl)ccc1O. The van der Waals surface area contributed by atoms with Gasteiger partial charge < -0.3 is 15.2 Å². The predicted octanol–water partition coefficient (Wildman–Crippen LogP) is 3.71. The molecule has 0 saturated carbocycles. The minimum Gasteiger partial charge on any atom is -0.507 e. The number of phenolic OH excluding ortho intramolecular Hbond substituents is 1. The summed E-state index contributed by atoms with van der Waals surface area (Å²) < 4.78 is 0. The number of unbranched alkanes of at least 4 members (excludes halogenated alkanes) is 4. The molecule has 0 unspecified atom stereocenters. The van der Waals surface area contributed by atoms with Crippen molar-refractivity contribution in [3.05, 3.63) is 28.8 Å². The molecule has 0 aromatic heterocycles. The van der Waals surface area contributed by atoms with Gasteiger partial charge in [-0.1, -0.05) is 30.9 Å². The van der Waals surface area contributed by atoms with E-state index in [1.165, 1.54) is 18.2 Å². The van der Waals surface area contributed by atoms with Crippen LogP contribution in [0.4, 0.5) is 0 Å². The summed E-state index contributed by atoms with van der Waals surface area (Å²) in [5.41, 5.74) is 0.198. The number of rotatable bonds is 9. The van der Waals surface area contributed by atoms with Crippen molar-refractivity contribution in [2.24, 2.45) is 0 Å². The summed E-state index contributed by atoms with van der Waals surface area (Å²) in [5.74, 6) is -0.142. The molecule has 0 fully saturated rings. The van der Waals surface area contributed by atoms with Crippen molar-refractivity contribution in [2.45, 2.75) is 45.4 Å². The Labute approximate surface area is 130 Å². The number of Topliss-reactive ketones (excluding diaryl/α,β-unsaturated/α-hetero) is 1. The molecule has 5 heteroatoms. The number of hydrogen-bond acceptors (Lipinski definition) is 3. The van der Waals surface area contributed by atoms with E-state index in [1.807, 2.05) is 0 Å². The normalized spacial score (nSPS) is 10.4. The van der Waals surface area contributed by atoms with E-state index in [2.05, 4.69) is 5.32 Å². The van der Waals surface area contributed by atoms with Crippen molar-refractivity contribution in [2.75, 3.05) is 6.54 Å². The maximum absolute atomic E-state index is 11.9. The van der Waals surface area contributed by atoms with Gasteiger partial charge in [0.1, 0.15) is 11.5 Å². The van der Waals surface area contributed by atoms with Crippen LogP contribution in [-0.2, 0) is 4.79 Å². The summed E-state index contributed by atoms with van der Waals surface area (Å²) in [4.78, 5) is 22.6. The third kappa shape index (κ3) is 7.14. The highest BCUT2D eigenvalue weighted by atomic mass is 35.5. The minimum atomic E-state index is -0.313. The molecule has 0 aliphatic rings. The molecule has 0 radical (unpaired) electrons. The van der Waals surface area contributed by atoms with Crippen LogP contribution in [0.5, 0.6) is 5.75 Å². The van der Waals surface area contributed by atoms with Crippen LogP contribution >= 0.6 is 11.6 Å². The smallest absolute Gasteiger partial charge is 0.255 e. The Hall–Kier alpha value is -1.55. The van der Waals surface area contributed by atoms with Gasteiger partial charge in [0.2, 0.25) is 0 Å². The van der Waals surface area contributed by atoms with E-state index in [1.54, 1.807) is 6.92 Å². The quantitative estimate of drug-likeness (QED) is 0.683. The first-order valence-corrected chi connectivity index (χ1v) is 7.64. The van der Waals surface area contributed by atoms with Crippen LogP contribution in [0.25, 0.3) is 0 Å². The lowest BCUT2D eigenvalue weighted by atomic mass is 10.1. The second kappa shape index (κ2) is 9.40. The van der Waals surface area contributed by atoms with Crippen molar-refractivity contribution in [1.82, 2.24) is 5.32 Å². The van der Waals surface area contributed by atoms with E-state index in [9.17, 15) is 14.7 Å². The maximum Gasteiger partial charge on any atom is 0.255 e. The van der Waals surface area contributed by atoms with Crippen molar-refractivity contribution >= 4 is 23.3 Å². The zero-order valence-corrected chi connectivity index (χ0v) is 13.1. The highest BCUT2D eigenvalue weighted by Gasteiger charge is 2.10. The van der Waals surface area contributed by atoms with Gasteiger partial charge in [-0.3, -0.25) is 4.79 Å². The summed E-state index contributed by atoms with van der Waals surface area (Å²) in [6, 6.07) is 4.40. The number of phenols is 1. The van der Waals surface area contributed by atoms with Gasteiger partial charge in [-0.05, 0) is 38.0 Å². The van der Waals surface area contributed by atoms with Crippen LogP contribution in [-0.4, -0.2) is 23.3 Å². The number of benzene rings is 1. The predicted molar refractivity (Wildman–Crippen MR) is 83.8 cm³/mol. The Morgan fingerprint density at radius 1 is 1.14 bits per heavy atom. The fourth-order valence-electron chi connectivity index (χ4n) is 2.02. The van der Waals surface area contributed by atoms with Crippen LogP contribution in [0.1, 0.15) is 55.8 Å². The second-order valence-corrected chi connectivity index (χ2v) is 5.57. The van der Waals surface area contributed by atoms with Gasteiger partial charge in [-0.15, -0.1) is 0 Å². The summed E-state index contributed by atoms with van der Waals surface area (Å²) in [5, 5.41) is 12.8. The molecule has 21 heavy (non-hydrogen) atoms. The molecule has 0 aliphatic carbocycles. The average molecular weight is 312 g/mol. The molecule has 0 saturated heterocycles. The van der Waals surface area contributed by atoms with E-state index in [4.69, 9.17) is 11.6 Å². The van der Waals surface area contributed by atoms with Gasteiger partial charge in [0.05, 0.1) is 5.56 Å². The molecule has 1 aromatic carbocycles. The summed E-state index contributed by atoms with van der Waals surface area (Å²) in [7, 11) is 0. The first-order valence-electron chi connectivity index (χ1n) is 7.27. The number of carbonyl (C=O) groups excluding carboxylic acids is 2. The van der Waals surface area contributed by atoms with Crippen LogP contribution < -0.4 is 5.32 Å². The first kappa shape index (κ1) is 17.5. The molecular formula is C16H22ClNO3. The van der Waals surface area contributed by atoms with Gasteiger partial charge in [-0.2, -0.15) is 0 Å². The van der Waals surface area contributed by atoms with E-state index in [0.29, 0.717) is 18.0 Å². The number of aromatic hydroxyl groups is 1. The Balaban J connectivity index is 2.16. The molecule has 116 valence electrons. The van der Waals surface area contributed by atoms with Gasteiger partial charge in [0.15, 0.2) is 0 Å². The first-order chi connectivity index (χ1) is 10.0. The van der Waals surface area contributed by atoms with E-state index in [-0.39, 0.29) is 23.0 Å². The average Bonchev–Trinajstić information content (AvgIpc) is 2.43. The van der Waals surface area contributed by atoms with Gasteiger partial charge in [0, 0.05) is 18.0 Å². The maximum atomic E-state index is 11.9. The van der Waals surface area contributed by atoms with Crippen molar-refractivity contribution in [3.8, 4) is 5.75 Å². The molecule has 0 atom stereocenters. The topological polar surface area (TPSA) is 66.4 Å². The minimum absolute atomic E-state index is 0.0684. The molecule has 0 heterocycles. The highest BCUT2D eigenvalue weighted by Crippen LogP contribution is 2.21. The molecule has 0 aliphatic heterocycles. The van der Waals surface area contributed by atoms with Gasteiger partial charge in [0.25, 0.3) is 5.91 Å². The third-order valence-corrected chi connectivity index (χ3v) is 3.43. The molecule has 2 N–H and O–H groups in total. The lowest BCUT2D eigenvalue weighted by molar-refractivity contribution is -0.117. The van der Waals surface area contributed by atoms with Crippen LogP contribution in [0.15, 0.2) is 18.2 Å². The van der Waals surface area contributed by atoms with E-state index >= 15 is 0 Å². The van der Waals surface area contributed by atoms with Crippen LogP contribution in [0.2, 0.25) is 5.02 Å². The Morgan fingerprint density at radius 3 is 2.52 bits per heavy atom. The largest absolute Gasteiger partial charge is 0.507 e. The molecule has 0 bridgehead atoms. The number of hydrogen-bond donors (Lipinski definition) is 2. The standard InChI is InChI=1S/C16H22ClNO3/c1-12(19)7-5-3-2-4-6-10-18-16(21)14-11-13(17)8-9-15(14)20/h8-9,11,20H,2-7,10H2,1H3,(H,18,21). The number of amides is 1. The monoisotopic (exact) mass is 311 g/mol. The number of halogens is 1. The van der Waals surface area contributed by atoms with Gasteiger partial charge >= 0.3 is 0 Å². The Kier molecular flexibility index (Phi) is 7.83. The lowest BCUT2D eigenvalue weighted by Crippen LogP contribution is -2.24. The van der Waals surface area contributed by atoms with Crippen molar-refractivity contribution < 1.29 is 14.7 Å². The van der Waals surface area contributed by atoms with Crippen molar-refractivity contribution in [1.29, 1.82) is 0 Å². The Bertz CT molecular complexity index is 488. The molecule has 1 rings (SSSR count). The Morgan fingerprint density at radius 2 is 1.81 bits per heavy atom. The summed E-state index contributed by atoms with van der Waals surface area (Å²) >= 11 is 5.80. The third-order valence-electron chi connectivity index (χ3n) is 3.19. The summed E-state index contributed by atoms with van der Waals surface area (Å²) in [6.45, 7) is 2.18. The molecule has 4 nitrogen and oxygen atoms in total. The van der Waals surface area contributed by atoms with E-state index in [0.717, 1.165) is 32.1 Å². The molecule has 1 aromatic rings. The summed E-state index contributed by atoms with van der Waals surface area (Å²) in [6.07, 6.45) is 5.60. The van der Waals surface area contributed by atoms with Crippen molar-refractivity contribution in [3.63, 3.8) is 0 Å².